The molecular formula is C13H16FN3S. The summed E-state index contributed by atoms with van der Waals surface area (Å²) >= 11 is 1.58. The molecule has 0 radical (unpaired) electrons. The first-order chi connectivity index (χ1) is 8.49. The van der Waals surface area contributed by atoms with Gasteiger partial charge in [-0.05, 0) is 26.0 Å². The molecule has 0 spiro atoms. The SMILES string of the molecule is CC(C)(NCc1ccc(N)cc1F)c1nccs1. The number of aromatic nitrogens is 1. The Bertz CT molecular complexity index is 523. The zero-order valence-corrected chi connectivity index (χ0v) is 11.2. The summed E-state index contributed by atoms with van der Waals surface area (Å²) < 4.78 is 13.6. The summed E-state index contributed by atoms with van der Waals surface area (Å²) in [5.74, 6) is -0.280. The average molecular weight is 265 g/mol. The van der Waals surface area contributed by atoms with Crippen LogP contribution in [0.2, 0.25) is 0 Å². The smallest absolute Gasteiger partial charge is 0.129 e. The van der Waals surface area contributed by atoms with Crippen molar-refractivity contribution in [3.8, 4) is 0 Å². The van der Waals surface area contributed by atoms with Gasteiger partial charge in [0.15, 0.2) is 0 Å². The molecule has 96 valence electrons. The van der Waals surface area contributed by atoms with Crippen molar-refractivity contribution in [2.75, 3.05) is 5.73 Å². The summed E-state index contributed by atoms with van der Waals surface area (Å²) in [5.41, 5.74) is 6.29. The van der Waals surface area contributed by atoms with Gasteiger partial charge in [-0.2, -0.15) is 0 Å². The van der Waals surface area contributed by atoms with Gasteiger partial charge in [-0.15, -0.1) is 11.3 Å². The molecule has 3 N–H and O–H groups in total. The Morgan fingerprint density at radius 1 is 1.44 bits per heavy atom. The van der Waals surface area contributed by atoms with Crippen LogP contribution in [-0.2, 0) is 12.1 Å². The lowest BCUT2D eigenvalue weighted by Crippen LogP contribution is -2.36. The summed E-state index contributed by atoms with van der Waals surface area (Å²) in [6.07, 6.45) is 1.77. The third kappa shape index (κ3) is 2.86. The molecule has 2 aromatic rings. The highest BCUT2D eigenvalue weighted by Gasteiger charge is 2.22. The highest BCUT2D eigenvalue weighted by molar-refractivity contribution is 7.09. The maximum atomic E-state index is 13.6. The molecule has 3 nitrogen and oxygen atoms in total. The second-order valence-corrected chi connectivity index (χ2v) is 5.56. The lowest BCUT2D eigenvalue weighted by molar-refractivity contribution is 0.395. The van der Waals surface area contributed by atoms with Crippen molar-refractivity contribution in [2.45, 2.75) is 25.9 Å². The first-order valence-electron chi connectivity index (χ1n) is 5.68. The van der Waals surface area contributed by atoms with E-state index in [1.165, 1.54) is 6.07 Å². The molecule has 1 heterocycles. The number of benzene rings is 1. The lowest BCUT2D eigenvalue weighted by atomic mass is 10.1. The maximum Gasteiger partial charge on any atom is 0.129 e. The van der Waals surface area contributed by atoms with Gasteiger partial charge in [0.1, 0.15) is 10.8 Å². The minimum absolute atomic E-state index is 0.276. The Morgan fingerprint density at radius 3 is 2.83 bits per heavy atom. The van der Waals surface area contributed by atoms with Gasteiger partial charge in [-0.1, -0.05) is 6.07 Å². The summed E-state index contributed by atoms with van der Waals surface area (Å²) in [5, 5.41) is 6.22. The van der Waals surface area contributed by atoms with Gasteiger partial charge in [0.25, 0.3) is 0 Å². The van der Waals surface area contributed by atoms with E-state index in [4.69, 9.17) is 5.73 Å². The number of thiazole rings is 1. The minimum atomic E-state index is -0.280. The quantitative estimate of drug-likeness (QED) is 0.836. The van der Waals surface area contributed by atoms with Crippen molar-refractivity contribution >= 4 is 17.0 Å². The number of nitrogens with one attached hydrogen (secondary N) is 1. The largest absolute Gasteiger partial charge is 0.399 e. The molecule has 0 fully saturated rings. The fraction of sp³-hybridized carbons (Fsp3) is 0.308. The second-order valence-electron chi connectivity index (χ2n) is 4.67. The van der Waals surface area contributed by atoms with Gasteiger partial charge < -0.3 is 11.1 Å². The molecule has 2 rings (SSSR count). The van der Waals surface area contributed by atoms with E-state index in [9.17, 15) is 4.39 Å². The van der Waals surface area contributed by atoms with Crippen molar-refractivity contribution in [1.29, 1.82) is 0 Å². The minimum Gasteiger partial charge on any atom is -0.399 e. The molecule has 0 amide bonds. The number of hydrogen-bond acceptors (Lipinski definition) is 4. The van der Waals surface area contributed by atoms with Crippen LogP contribution in [0.15, 0.2) is 29.8 Å². The molecule has 5 heteroatoms. The summed E-state index contributed by atoms with van der Waals surface area (Å²) in [7, 11) is 0. The number of anilines is 1. The highest BCUT2D eigenvalue weighted by atomic mass is 32.1. The van der Waals surface area contributed by atoms with E-state index >= 15 is 0 Å². The van der Waals surface area contributed by atoms with Gasteiger partial charge in [-0.25, -0.2) is 9.37 Å². The van der Waals surface area contributed by atoms with Crippen LogP contribution in [0, 0.1) is 5.82 Å². The van der Waals surface area contributed by atoms with Crippen molar-refractivity contribution in [1.82, 2.24) is 10.3 Å². The maximum absolute atomic E-state index is 13.6. The van der Waals surface area contributed by atoms with E-state index in [0.717, 1.165) is 5.01 Å². The Hall–Kier alpha value is -1.46. The molecule has 0 aliphatic heterocycles. The molecule has 18 heavy (non-hydrogen) atoms. The first-order valence-corrected chi connectivity index (χ1v) is 6.56. The third-order valence-corrected chi connectivity index (χ3v) is 3.86. The molecule has 0 saturated carbocycles. The number of nitrogens with zero attached hydrogens (tertiary/aromatic N) is 1. The lowest BCUT2D eigenvalue weighted by Gasteiger charge is -2.24. The second kappa shape index (κ2) is 5.04. The van der Waals surface area contributed by atoms with E-state index in [1.54, 1.807) is 29.7 Å². The van der Waals surface area contributed by atoms with Gasteiger partial charge >= 0.3 is 0 Å². The van der Waals surface area contributed by atoms with Crippen LogP contribution in [0.5, 0.6) is 0 Å². The predicted molar refractivity (Wildman–Crippen MR) is 72.8 cm³/mol. The standard InChI is InChI=1S/C13H16FN3S/c1-13(2,12-16-5-6-18-12)17-8-9-3-4-10(15)7-11(9)14/h3-7,17H,8,15H2,1-2H3. The van der Waals surface area contributed by atoms with Crippen molar-refractivity contribution in [3.05, 3.63) is 46.2 Å². The normalized spacial score (nSPS) is 11.7. The van der Waals surface area contributed by atoms with Crippen LogP contribution < -0.4 is 11.1 Å². The molecule has 0 saturated heterocycles. The van der Waals surface area contributed by atoms with E-state index in [1.807, 2.05) is 19.2 Å². The van der Waals surface area contributed by atoms with Crippen molar-refractivity contribution in [3.63, 3.8) is 0 Å². The highest BCUT2D eigenvalue weighted by Crippen LogP contribution is 2.23. The fourth-order valence-corrected chi connectivity index (χ4v) is 2.37. The number of nitrogen functional groups attached to an aromatic ring is 1. The zero-order chi connectivity index (χ0) is 13.2. The molecule has 0 aliphatic rings. The Morgan fingerprint density at radius 2 is 2.22 bits per heavy atom. The van der Waals surface area contributed by atoms with Gasteiger partial charge in [0, 0.05) is 29.4 Å². The van der Waals surface area contributed by atoms with E-state index < -0.39 is 0 Å². The predicted octanol–water partition coefficient (Wildman–Crippen LogP) is 2.89. The van der Waals surface area contributed by atoms with Gasteiger partial charge in [0.05, 0.1) is 5.54 Å². The molecule has 0 bridgehead atoms. The van der Waals surface area contributed by atoms with Crippen LogP contribution in [0.25, 0.3) is 0 Å². The van der Waals surface area contributed by atoms with Crippen LogP contribution in [0.3, 0.4) is 0 Å². The molecule has 0 unspecified atom stereocenters. The van der Waals surface area contributed by atoms with Crippen molar-refractivity contribution < 1.29 is 4.39 Å². The molecule has 1 aromatic carbocycles. The fourth-order valence-electron chi connectivity index (χ4n) is 1.63. The van der Waals surface area contributed by atoms with Gasteiger partial charge in [0.2, 0.25) is 0 Å². The van der Waals surface area contributed by atoms with Crippen molar-refractivity contribution in [2.24, 2.45) is 0 Å². The number of nitrogens with two attached hydrogens (primary N) is 1. The average Bonchev–Trinajstić information content (AvgIpc) is 2.82. The Kier molecular flexibility index (Phi) is 3.63. The monoisotopic (exact) mass is 265 g/mol. The Balaban J connectivity index is 2.07. The number of rotatable bonds is 4. The number of hydrogen-bond donors (Lipinski definition) is 2. The summed E-state index contributed by atoms with van der Waals surface area (Å²) in [6, 6.07) is 4.75. The summed E-state index contributed by atoms with van der Waals surface area (Å²) in [4.78, 5) is 4.28. The first kappa shape index (κ1) is 13.0. The molecular weight excluding hydrogens is 249 g/mol. The van der Waals surface area contributed by atoms with E-state index in [-0.39, 0.29) is 11.4 Å². The Labute approximate surface area is 110 Å². The van der Waals surface area contributed by atoms with Gasteiger partial charge in [-0.3, -0.25) is 0 Å². The van der Waals surface area contributed by atoms with E-state index in [2.05, 4.69) is 10.3 Å². The van der Waals surface area contributed by atoms with Crippen LogP contribution in [0.4, 0.5) is 10.1 Å². The topological polar surface area (TPSA) is 50.9 Å². The van der Waals surface area contributed by atoms with Crippen LogP contribution in [-0.4, -0.2) is 4.98 Å². The third-order valence-electron chi connectivity index (χ3n) is 2.76. The number of halogens is 1. The van der Waals surface area contributed by atoms with Crippen LogP contribution in [0.1, 0.15) is 24.4 Å². The molecule has 0 aliphatic carbocycles. The molecule has 1 aromatic heterocycles. The summed E-state index contributed by atoms with van der Waals surface area (Å²) in [6.45, 7) is 4.50. The molecule has 0 atom stereocenters. The van der Waals surface area contributed by atoms with Crippen LogP contribution >= 0.6 is 11.3 Å². The van der Waals surface area contributed by atoms with E-state index in [0.29, 0.717) is 17.8 Å². The zero-order valence-electron chi connectivity index (χ0n) is 10.4.